The number of carbonyl (C=O) groups excluding carboxylic acids is 1. The molecule has 1 aromatic carbocycles. The van der Waals surface area contributed by atoms with Gasteiger partial charge in [0.25, 0.3) is 0 Å². The molecule has 1 amide bonds. The third-order valence-electron chi connectivity index (χ3n) is 3.17. The fraction of sp³-hybridized carbons (Fsp3) is 0.562. The number of benzene rings is 1. The van der Waals surface area contributed by atoms with Crippen molar-refractivity contribution in [3.8, 4) is 5.75 Å². The van der Waals surface area contributed by atoms with Crippen molar-refractivity contribution in [1.29, 1.82) is 0 Å². The zero-order chi connectivity index (χ0) is 14.6. The Kier molecular flexibility index (Phi) is 8.47. The molecule has 1 rings (SSSR count). The van der Waals surface area contributed by atoms with Gasteiger partial charge in [-0.25, -0.2) is 0 Å². The summed E-state index contributed by atoms with van der Waals surface area (Å²) >= 11 is 0. The number of carbonyl (C=O) groups is 1. The molecule has 0 atom stereocenters. The standard InChI is InChI=1S/C16H26N2O2/c1-18(16(19)11-6-3-7-12-17)13-8-14-20-15-9-4-2-5-10-15/h2,4-5,9-10H,3,6-8,11-14,17H2,1H3. The number of unbranched alkanes of at least 4 members (excludes halogenated alkanes) is 2. The Hall–Kier alpha value is -1.55. The maximum absolute atomic E-state index is 11.8. The molecule has 1 aromatic rings. The average molecular weight is 278 g/mol. The Bertz CT molecular complexity index is 368. The summed E-state index contributed by atoms with van der Waals surface area (Å²) in [5, 5.41) is 0. The first-order chi connectivity index (χ1) is 9.74. The number of amides is 1. The molecule has 0 aliphatic carbocycles. The van der Waals surface area contributed by atoms with Gasteiger partial charge in [0.05, 0.1) is 6.61 Å². The topological polar surface area (TPSA) is 55.6 Å². The third kappa shape index (κ3) is 7.14. The number of ether oxygens (including phenoxy) is 1. The lowest BCUT2D eigenvalue weighted by atomic mass is 10.2. The van der Waals surface area contributed by atoms with E-state index in [4.69, 9.17) is 10.5 Å². The summed E-state index contributed by atoms with van der Waals surface area (Å²) in [6.07, 6.45) is 4.44. The predicted molar refractivity (Wildman–Crippen MR) is 81.7 cm³/mol. The lowest BCUT2D eigenvalue weighted by Gasteiger charge is -2.17. The lowest BCUT2D eigenvalue weighted by Crippen LogP contribution is -2.28. The second kappa shape index (κ2) is 10.3. The van der Waals surface area contributed by atoms with Gasteiger partial charge in [-0.05, 0) is 37.9 Å². The lowest BCUT2D eigenvalue weighted by molar-refractivity contribution is -0.130. The van der Waals surface area contributed by atoms with E-state index < -0.39 is 0 Å². The van der Waals surface area contributed by atoms with E-state index in [1.165, 1.54) is 0 Å². The smallest absolute Gasteiger partial charge is 0.222 e. The van der Waals surface area contributed by atoms with Crippen molar-refractivity contribution >= 4 is 5.91 Å². The van der Waals surface area contributed by atoms with Crippen molar-refractivity contribution in [2.75, 3.05) is 26.7 Å². The Morgan fingerprint density at radius 1 is 1.15 bits per heavy atom. The van der Waals surface area contributed by atoms with Gasteiger partial charge >= 0.3 is 0 Å². The van der Waals surface area contributed by atoms with Crippen molar-refractivity contribution in [2.24, 2.45) is 5.73 Å². The fourth-order valence-electron chi connectivity index (χ4n) is 1.92. The Morgan fingerprint density at radius 2 is 1.90 bits per heavy atom. The normalized spacial score (nSPS) is 10.3. The number of hydrogen-bond acceptors (Lipinski definition) is 3. The van der Waals surface area contributed by atoms with Crippen LogP contribution in [-0.2, 0) is 4.79 Å². The molecule has 4 nitrogen and oxygen atoms in total. The second-order valence-corrected chi connectivity index (χ2v) is 4.93. The molecular formula is C16H26N2O2. The van der Waals surface area contributed by atoms with Crippen LogP contribution < -0.4 is 10.5 Å². The van der Waals surface area contributed by atoms with Crippen molar-refractivity contribution in [3.05, 3.63) is 30.3 Å². The van der Waals surface area contributed by atoms with Gasteiger partial charge in [0, 0.05) is 20.0 Å². The van der Waals surface area contributed by atoms with Crippen molar-refractivity contribution < 1.29 is 9.53 Å². The summed E-state index contributed by atoms with van der Waals surface area (Å²) in [6, 6.07) is 9.74. The number of rotatable bonds is 10. The zero-order valence-corrected chi connectivity index (χ0v) is 12.4. The largest absolute Gasteiger partial charge is 0.494 e. The summed E-state index contributed by atoms with van der Waals surface area (Å²) in [5.41, 5.74) is 5.42. The highest BCUT2D eigenvalue weighted by Crippen LogP contribution is 2.08. The van der Waals surface area contributed by atoms with E-state index in [2.05, 4.69) is 0 Å². The third-order valence-corrected chi connectivity index (χ3v) is 3.17. The first-order valence-electron chi connectivity index (χ1n) is 7.36. The van der Waals surface area contributed by atoms with Gasteiger partial charge < -0.3 is 15.4 Å². The molecule has 0 radical (unpaired) electrons. The Labute approximate surface area is 121 Å². The van der Waals surface area contributed by atoms with Crippen LogP contribution in [-0.4, -0.2) is 37.6 Å². The van der Waals surface area contributed by atoms with Crippen LogP contribution in [0.15, 0.2) is 30.3 Å². The summed E-state index contributed by atoms with van der Waals surface area (Å²) in [5.74, 6) is 1.09. The minimum Gasteiger partial charge on any atom is -0.494 e. The predicted octanol–water partition coefficient (Wildman–Crippen LogP) is 2.43. The molecule has 0 aliphatic heterocycles. The van der Waals surface area contributed by atoms with E-state index in [0.717, 1.165) is 38.0 Å². The van der Waals surface area contributed by atoms with Crippen molar-refractivity contribution in [2.45, 2.75) is 32.1 Å². The molecule has 0 aromatic heterocycles. The van der Waals surface area contributed by atoms with Crippen LogP contribution in [0, 0.1) is 0 Å². The van der Waals surface area contributed by atoms with Gasteiger partial charge in [-0.1, -0.05) is 24.6 Å². The molecule has 20 heavy (non-hydrogen) atoms. The average Bonchev–Trinajstić information content (AvgIpc) is 2.48. The summed E-state index contributed by atoms with van der Waals surface area (Å²) in [7, 11) is 1.85. The molecule has 0 aliphatic rings. The quantitative estimate of drug-likeness (QED) is 0.669. The van der Waals surface area contributed by atoms with Crippen LogP contribution in [0.5, 0.6) is 5.75 Å². The monoisotopic (exact) mass is 278 g/mol. The first-order valence-corrected chi connectivity index (χ1v) is 7.36. The first kappa shape index (κ1) is 16.5. The number of nitrogens with two attached hydrogens (primary N) is 1. The van der Waals surface area contributed by atoms with Gasteiger partial charge in [-0.15, -0.1) is 0 Å². The van der Waals surface area contributed by atoms with Crippen molar-refractivity contribution in [1.82, 2.24) is 4.90 Å². The fourth-order valence-corrected chi connectivity index (χ4v) is 1.92. The molecular weight excluding hydrogens is 252 g/mol. The van der Waals surface area contributed by atoms with E-state index in [1.807, 2.05) is 37.4 Å². The van der Waals surface area contributed by atoms with E-state index in [9.17, 15) is 4.79 Å². The Balaban J connectivity index is 2.07. The van der Waals surface area contributed by atoms with Gasteiger partial charge in [0.1, 0.15) is 5.75 Å². The molecule has 4 heteroatoms. The van der Waals surface area contributed by atoms with Crippen LogP contribution in [0.4, 0.5) is 0 Å². The van der Waals surface area contributed by atoms with Gasteiger partial charge in [-0.2, -0.15) is 0 Å². The molecule has 2 N–H and O–H groups in total. The molecule has 0 unspecified atom stereocenters. The van der Waals surface area contributed by atoms with Crippen molar-refractivity contribution in [3.63, 3.8) is 0 Å². The molecule has 0 fully saturated rings. The van der Waals surface area contributed by atoms with E-state index in [1.54, 1.807) is 4.90 Å². The van der Waals surface area contributed by atoms with Gasteiger partial charge in [0.2, 0.25) is 5.91 Å². The number of nitrogens with zero attached hydrogens (tertiary/aromatic N) is 1. The second-order valence-electron chi connectivity index (χ2n) is 4.93. The molecule has 0 spiro atoms. The minimum atomic E-state index is 0.210. The van der Waals surface area contributed by atoms with Crippen LogP contribution in [0.3, 0.4) is 0 Å². The number of para-hydroxylation sites is 1. The SMILES string of the molecule is CN(CCCOc1ccccc1)C(=O)CCCCCN. The molecule has 0 heterocycles. The molecule has 0 saturated carbocycles. The highest BCUT2D eigenvalue weighted by Gasteiger charge is 2.07. The minimum absolute atomic E-state index is 0.210. The highest BCUT2D eigenvalue weighted by atomic mass is 16.5. The van der Waals surface area contributed by atoms with Crippen LogP contribution >= 0.6 is 0 Å². The maximum atomic E-state index is 11.8. The Morgan fingerprint density at radius 3 is 2.60 bits per heavy atom. The maximum Gasteiger partial charge on any atom is 0.222 e. The highest BCUT2D eigenvalue weighted by molar-refractivity contribution is 5.75. The van der Waals surface area contributed by atoms with E-state index >= 15 is 0 Å². The molecule has 0 saturated heterocycles. The van der Waals surface area contributed by atoms with Gasteiger partial charge in [-0.3, -0.25) is 4.79 Å². The van der Waals surface area contributed by atoms with E-state index in [-0.39, 0.29) is 5.91 Å². The summed E-state index contributed by atoms with van der Waals surface area (Å²) in [4.78, 5) is 13.6. The summed E-state index contributed by atoms with van der Waals surface area (Å²) in [6.45, 7) is 2.08. The van der Waals surface area contributed by atoms with Crippen LogP contribution in [0.2, 0.25) is 0 Å². The van der Waals surface area contributed by atoms with Crippen LogP contribution in [0.1, 0.15) is 32.1 Å². The zero-order valence-electron chi connectivity index (χ0n) is 12.4. The summed E-state index contributed by atoms with van der Waals surface area (Å²) < 4.78 is 5.60. The van der Waals surface area contributed by atoms with Gasteiger partial charge in [0.15, 0.2) is 0 Å². The van der Waals surface area contributed by atoms with Crippen LogP contribution in [0.25, 0.3) is 0 Å². The molecule has 0 bridgehead atoms. The van der Waals surface area contributed by atoms with E-state index in [0.29, 0.717) is 19.6 Å². The number of hydrogen-bond donors (Lipinski definition) is 1. The molecule has 112 valence electrons.